The van der Waals surface area contributed by atoms with E-state index >= 15 is 0 Å². The number of hydrogen-bond donors (Lipinski definition) is 0. The van der Waals surface area contributed by atoms with E-state index in [1.54, 1.807) is 7.11 Å². The zero-order valence-corrected chi connectivity index (χ0v) is 20.4. The molecular weight excluding hydrogens is 459 g/mol. The van der Waals surface area contributed by atoms with Gasteiger partial charge in [0.15, 0.2) is 0 Å². The van der Waals surface area contributed by atoms with Gasteiger partial charge in [-0.05, 0) is 36.0 Å². The second kappa shape index (κ2) is 10.0. The summed E-state index contributed by atoms with van der Waals surface area (Å²) in [4.78, 5) is 5.04. The van der Waals surface area contributed by atoms with Crippen LogP contribution in [-0.2, 0) is 37.4 Å². The van der Waals surface area contributed by atoms with Crippen LogP contribution in [0.4, 0.5) is 5.69 Å². The SMILES string of the molecule is COC1CCN([N-]c2ccc3nc(-c4ccccc4)c(-c4ccccc4)cc3c2)C1.[Y]. The van der Waals surface area contributed by atoms with Crippen molar-refractivity contribution in [2.45, 2.75) is 12.5 Å². The number of aromatic nitrogens is 1. The minimum Gasteiger partial charge on any atom is -0.620 e. The summed E-state index contributed by atoms with van der Waals surface area (Å²) < 4.78 is 5.46. The molecule has 0 N–H and O–H groups in total. The Morgan fingerprint density at radius 2 is 1.61 bits per heavy atom. The first-order chi connectivity index (χ1) is 14.8. The number of benzene rings is 3. The van der Waals surface area contributed by atoms with Crippen molar-refractivity contribution in [3.05, 3.63) is 90.4 Å². The first-order valence-corrected chi connectivity index (χ1v) is 10.4. The zero-order chi connectivity index (χ0) is 20.3. The molecule has 0 bridgehead atoms. The third kappa shape index (κ3) is 4.88. The maximum Gasteiger partial charge on any atom is 0.0788 e. The minimum atomic E-state index is 0. The first kappa shape index (κ1) is 22.1. The van der Waals surface area contributed by atoms with Crippen LogP contribution < -0.4 is 0 Å². The van der Waals surface area contributed by atoms with Crippen LogP contribution >= 0.6 is 0 Å². The number of fused-ring (bicyclic) bond motifs is 1. The monoisotopic (exact) mass is 483 g/mol. The number of hydrogen-bond acceptors (Lipinski definition) is 3. The molecule has 4 aromatic rings. The maximum atomic E-state index is 5.46. The van der Waals surface area contributed by atoms with Crippen LogP contribution in [0.3, 0.4) is 0 Å². The molecule has 0 aliphatic carbocycles. The van der Waals surface area contributed by atoms with E-state index in [9.17, 15) is 0 Å². The van der Waals surface area contributed by atoms with Crippen molar-refractivity contribution in [3.8, 4) is 22.4 Å². The Labute approximate surface area is 208 Å². The van der Waals surface area contributed by atoms with Gasteiger partial charge in [-0.25, -0.2) is 4.98 Å². The van der Waals surface area contributed by atoms with E-state index in [1.165, 1.54) is 0 Å². The molecule has 1 unspecified atom stereocenters. The Balaban J connectivity index is 0.00000231. The molecule has 5 rings (SSSR count). The molecule has 4 nitrogen and oxygen atoms in total. The van der Waals surface area contributed by atoms with Crippen molar-refractivity contribution in [1.82, 2.24) is 9.99 Å². The van der Waals surface area contributed by atoms with Gasteiger partial charge in [-0.1, -0.05) is 72.8 Å². The molecule has 31 heavy (non-hydrogen) atoms. The summed E-state index contributed by atoms with van der Waals surface area (Å²) in [6.45, 7) is 1.77. The molecule has 1 radical (unpaired) electrons. The topological polar surface area (TPSA) is 39.5 Å². The van der Waals surface area contributed by atoms with E-state index in [0.29, 0.717) is 0 Å². The Bertz CT molecular complexity index is 1150. The molecule has 3 aromatic carbocycles. The average molecular weight is 483 g/mol. The Morgan fingerprint density at radius 1 is 0.903 bits per heavy atom. The minimum absolute atomic E-state index is 0. The molecule has 2 heterocycles. The smallest absolute Gasteiger partial charge is 0.0788 e. The van der Waals surface area contributed by atoms with E-state index in [1.807, 2.05) is 18.2 Å². The third-order valence-corrected chi connectivity index (χ3v) is 5.64. The number of pyridine rings is 1. The predicted molar refractivity (Wildman–Crippen MR) is 123 cm³/mol. The van der Waals surface area contributed by atoms with Gasteiger partial charge in [0.2, 0.25) is 0 Å². The Morgan fingerprint density at radius 3 is 2.29 bits per heavy atom. The van der Waals surface area contributed by atoms with Gasteiger partial charge in [0.1, 0.15) is 0 Å². The van der Waals surface area contributed by atoms with Gasteiger partial charge in [0, 0.05) is 57.5 Å². The molecule has 1 aliphatic heterocycles. The third-order valence-electron chi connectivity index (χ3n) is 5.64. The van der Waals surface area contributed by atoms with Crippen LogP contribution in [0.5, 0.6) is 0 Å². The van der Waals surface area contributed by atoms with E-state index in [-0.39, 0.29) is 38.8 Å². The van der Waals surface area contributed by atoms with Crippen molar-refractivity contribution >= 4 is 16.6 Å². The van der Waals surface area contributed by atoms with Gasteiger partial charge in [-0.3, -0.25) is 0 Å². The molecule has 1 saturated heterocycles. The molecule has 1 aliphatic rings. The van der Waals surface area contributed by atoms with Crippen LogP contribution in [0.1, 0.15) is 6.42 Å². The van der Waals surface area contributed by atoms with Crippen molar-refractivity contribution in [2.75, 3.05) is 20.2 Å². The van der Waals surface area contributed by atoms with Gasteiger partial charge >= 0.3 is 0 Å². The molecule has 153 valence electrons. The fourth-order valence-corrected chi connectivity index (χ4v) is 4.04. The van der Waals surface area contributed by atoms with Crippen LogP contribution in [0.25, 0.3) is 38.7 Å². The summed E-state index contributed by atoms with van der Waals surface area (Å²) in [5.74, 6) is 0. The van der Waals surface area contributed by atoms with E-state index in [0.717, 1.165) is 58.5 Å². The molecule has 1 aromatic heterocycles. The fraction of sp³-hybridized carbons (Fsp3) is 0.192. The van der Waals surface area contributed by atoms with Gasteiger partial charge in [-0.2, -0.15) is 0 Å². The fourth-order valence-electron chi connectivity index (χ4n) is 4.04. The van der Waals surface area contributed by atoms with E-state index < -0.39 is 0 Å². The predicted octanol–water partition coefficient (Wildman–Crippen LogP) is 6.21. The van der Waals surface area contributed by atoms with Gasteiger partial charge in [-0.15, -0.1) is 5.69 Å². The second-order valence-electron chi connectivity index (χ2n) is 7.65. The second-order valence-corrected chi connectivity index (χ2v) is 7.65. The summed E-state index contributed by atoms with van der Waals surface area (Å²) in [6.07, 6.45) is 1.29. The van der Waals surface area contributed by atoms with Crippen LogP contribution in [0, 0.1) is 0 Å². The van der Waals surface area contributed by atoms with Crippen molar-refractivity contribution < 1.29 is 37.4 Å². The van der Waals surface area contributed by atoms with Gasteiger partial charge in [0.05, 0.1) is 17.3 Å². The molecule has 5 heteroatoms. The van der Waals surface area contributed by atoms with E-state index in [2.05, 4.69) is 71.7 Å². The van der Waals surface area contributed by atoms with Crippen LogP contribution in [0.15, 0.2) is 84.9 Å². The summed E-state index contributed by atoms with van der Waals surface area (Å²) in [5, 5.41) is 3.19. The average Bonchev–Trinajstić information content (AvgIpc) is 3.27. The molecule has 1 fully saturated rings. The van der Waals surface area contributed by atoms with Crippen molar-refractivity contribution in [3.63, 3.8) is 0 Å². The molecule has 0 spiro atoms. The van der Waals surface area contributed by atoms with E-state index in [4.69, 9.17) is 15.1 Å². The normalized spacial score (nSPS) is 16.2. The molecule has 0 amide bonds. The van der Waals surface area contributed by atoms with Gasteiger partial charge in [0.25, 0.3) is 0 Å². The number of nitrogens with zero attached hydrogens (tertiary/aromatic N) is 3. The molecule has 0 saturated carbocycles. The van der Waals surface area contributed by atoms with Crippen molar-refractivity contribution in [2.24, 2.45) is 0 Å². The van der Waals surface area contributed by atoms with Gasteiger partial charge < -0.3 is 15.2 Å². The standard InChI is InChI=1S/C26H24N3O.Y/c1-30-23-14-15-29(18-23)28-22-12-13-25-21(16-22)17-24(19-8-4-2-5-9-19)26(27-25)20-10-6-3-7-11-20;/h2-13,16-17,23H,14-15,18H2,1H3;/q-1;. The maximum absolute atomic E-state index is 5.46. The number of rotatable bonds is 5. The summed E-state index contributed by atoms with van der Waals surface area (Å²) >= 11 is 0. The Hall–Kier alpha value is -2.11. The summed E-state index contributed by atoms with van der Waals surface area (Å²) in [6, 6.07) is 29.3. The number of methoxy groups -OCH3 is 1. The number of ether oxygens (including phenoxy) is 1. The Kier molecular flexibility index (Phi) is 7.14. The quantitative estimate of drug-likeness (QED) is 0.339. The molecule has 1 atom stereocenters. The van der Waals surface area contributed by atoms with Crippen LogP contribution in [0.2, 0.25) is 0 Å². The van der Waals surface area contributed by atoms with Crippen LogP contribution in [-0.4, -0.2) is 36.3 Å². The van der Waals surface area contributed by atoms with Crippen molar-refractivity contribution in [1.29, 1.82) is 0 Å². The zero-order valence-electron chi connectivity index (χ0n) is 17.6. The first-order valence-electron chi connectivity index (χ1n) is 10.4. The molecular formula is C26H24N3OY-. The summed E-state index contributed by atoms with van der Waals surface area (Å²) in [7, 11) is 1.77. The summed E-state index contributed by atoms with van der Waals surface area (Å²) in [5.41, 5.74) is 11.2. The largest absolute Gasteiger partial charge is 0.620 e.